The Bertz CT molecular complexity index is 810. The summed E-state index contributed by atoms with van der Waals surface area (Å²) < 4.78 is 31.7. The first-order chi connectivity index (χ1) is 13.0. The van der Waals surface area contributed by atoms with E-state index in [0.29, 0.717) is 11.1 Å². The van der Waals surface area contributed by atoms with Gasteiger partial charge in [-0.1, -0.05) is 12.1 Å². The number of nitrogens with zero attached hydrogens (tertiary/aromatic N) is 1. The fourth-order valence-corrected chi connectivity index (χ4v) is 1.81. The van der Waals surface area contributed by atoms with Crippen molar-refractivity contribution in [3.05, 3.63) is 59.9 Å². The Balaban J connectivity index is 0.000000480. The van der Waals surface area contributed by atoms with Crippen LogP contribution in [0.2, 0.25) is 0 Å². The van der Waals surface area contributed by atoms with Crippen LogP contribution in [-0.2, 0) is 16.0 Å². The molecule has 0 aliphatic carbocycles. The summed E-state index contributed by atoms with van der Waals surface area (Å²) in [6.07, 6.45) is -2.06. The summed E-state index contributed by atoms with van der Waals surface area (Å²) in [5.74, 6) is -4.27. The van der Waals surface area contributed by atoms with Crippen LogP contribution < -0.4 is 5.32 Å². The molecule has 1 amide bonds. The number of hydrogen-bond donors (Lipinski definition) is 4. The first kappa shape index (κ1) is 22.4. The molecule has 11 heteroatoms. The van der Waals surface area contributed by atoms with Crippen molar-refractivity contribution in [2.24, 2.45) is 0 Å². The number of phenolic OH excluding ortho intramolecular Hbond substituents is 1. The number of pyridine rings is 1. The molecule has 1 aromatic carbocycles. The van der Waals surface area contributed by atoms with Gasteiger partial charge in [-0.25, -0.2) is 9.59 Å². The second kappa shape index (κ2) is 9.90. The van der Waals surface area contributed by atoms with Gasteiger partial charge in [0.2, 0.25) is 0 Å². The number of benzene rings is 1. The minimum Gasteiger partial charge on any atom is -0.508 e. The maximum absolute atomic E-state index is 11.9. The van der Waals surface area contributed by atoms with Crippen LogP contribution in [0.1, 0.15) is 15.9 Å². The molecular formula is C17H15F3N2O6. The Kier molecular flexibility index (Phi) is 7.92. The highest BCUT2D eigenvalue weighted by molar-refractivity contribution is 5.96. The molecule has 0 saturated heterocycles. The molecular weight excluding hydrogens is 385 g/mol. The molecule has 2 aromatic rings. The van der Waals surface area contributed by atoms with Crippen molar-refractivity contribution >= 4 is 17.8 Å². The van der Waals surface area contributed by atoms with E-state index in [1.807, 2.05) is 0 Å². The zero-order chi connectivity index (χ0) is 21.3. The first-order valence-corrected chi connectivity index (χ1v) is 7.52. The SMILES string of the molecule is O=C(NC(Cc1ccc(O)cc1)C(=O)O)c1cccnc1.O=C(O)C(F)(F)F. The molecule has 0 bridgehead atoms. The van der Waals surface area contributed by atoms with Gasteiger partial charge in [0.15, 0.2) is 0 Å². The summed E-state index contributed by atoms with van der Waals surface area (Å²) >= 11 is 0. The minimum atomic E-state index is -5.08. The number of alkyl halides is 3. The van der Waals surface area contributed by atoms with Gasteiger partial charge in [0.25, 0.3) is 5.91 Å². The van der Waals surface area contributed by atoms with E-state index in [0.717, 1.165) is 0 Å². The van der Waals surface area contributed by atoms with Gasteiger partial charge in [-0.3, -0.25) is 9.78 Å². The maximum Gasteiger partial charge on any atom is 0.490 e. The van der Waals surface area contributed by atoms with Gasteiger partial charge in [0, 0.05) is 18.8 Å². The number of carbonyl (C=O) groups is 3. The number of carbonyl (C=O) groups excluding carboxylic acids is 1. The second-order valence-electron chi connectivity index (χ2n) is 5.28. The van der Waals surface area contributed by atoms with Crippen molar-refractivity contribution in [3.8, 4) is 5.75 Å². The fraction of sp³-hybridized carbons (Fsp3) is 0.176. The van der Waals surface area contributed by atoms with Gasteiger partial charge in [0.05, 0.1) is 5.56 Å². The number of amides is 1. The van der Waals surface area contributed by atoms with E-state index in [4.69, 9.17) is 9.90 Å². The van der Waals surface area contributed by atoms with Crippen LogP contribution in [0.5, 0.6) is 5.75 Å². The Labute approximate surface area is 156 Å². The van der Waals surface area contributed by atoms with Crippen molar-refractivity contribution in [2.45, 2.75) is 18.6 Å². The minimum absolute atomic E-state index is 0.102. The summed E-state index contributed by atoms with van der Waals surface area (Å²) in [4.78, 5) is 35.9. The molecule has 150 valence electrons. The quantitative estimate of drug-likeness (QED) is 0.601. The van der Waals surface area contributed by atoms with Crippen LogP contribution >= 0.6 is 0 Å². The van der Waals surface area contributed by atoms with Gasteiger partial charge in [-0.2, -0.15) is 13.2 Å². The summed E-state index contributed by atoms with van der Waals surface area (Å²) in [5, 5.41) is 28.0. The van der Waals surface area contributed by atoms with Crippen molar-refractivity contribution in [1.82, 2.24) is 10.3 Å². The number of aliphatic carboxylic acids is 2. The van der Waals surface area contributed by atoms with Gasteiger partial charge in [-0.05, 0) is 29.8 Å². The van der Waals surface area contributed by atoms with E-state index in [1.54, 1.807) is 24.3 Å². The number of carboxylic acids is 2. The number of phenols is 1. The van der Waals surface area contributed by atoms with Crippen LogP contribution in [0.3, 0.4) is 0 Å². The summed E-state index contributed by atoms with van der Waals surface area (Å²) in [5.41, 5.74) is 1.00. The lowest BCUT2D eigenvalue weighted by atomic mass is 10.1. The van der Waals surface area contributed by atoms with E-state index >= 15 is 0 Å². The third-order valence-electron chi connectivity index (χ3n) is 3.15. The normalized spacial score (nSPS) is 11.5. The van der Waals surface area contributed by atoms with Crippen molar-refractivity contribution in [2.75, 3.05) is 0 Å². The summed E-state index contributed by atoms with van der Waals surface area (Å²) in [6.45, 7) is 0. The average molecular weight is 400 g/mol. The standard InChI is InChI=1S/C15H14N2O4.C2HF3O2/c18-12-5-3-10(4-6-12)8-13(15(20)21)17-14(19)11-2-1-7-16-9-11;3-2(4,5)1(6)7/h1-7,9,13,18H,8H2,(H,17,19)(H,20,21);(H,6,7). The molecule has 1 atom stereocenters. The number of rotatable bonds is 5. The molecule has 0 radical (unpaired) electrons. The zero-order valence-electron chi connectivity index (χ0n) is 14.1. The molecule has 4 N–H and O–H groups in total. The second-order valence-corrected chi connectivity index (χ2v) is 5.28. The van der Waals surface area contributed by atoms with Crippen LogP contribution in [0.25, 0.3) is 0 Å². The third-order valence-corrected chi connectivity index (χ3v) is 3.15. The number of nitrogens with one attached hydrogen (secondary N) is 1. The molecule has 0 aliphatic rings. The van der Waals surface area contributed by atoms with Crippen molar-refractivity contribution in [3.63, 3.8) is 0 Å². The monoisotopic (exact) mass is 400 g/mol. The van der Waals surface area contributed by atoms with E-state index in [9.17, 15) is 33.0 Å². The molecule has 0 spiro atoms. The molecule has 28 heavy (non-hydrogen) atoms. The van der Waals surface area contributed by atoms with Gasteiger partial charge in [0.1, 0.15) is 11.8 Å². The number of halogens is 3. The maximum atomic E-state index is 11.9. The van der Waals surface area contributed by atoms with Crippen LogP contribution in [0.15, 0.2) is 48.8 Å². The highest BCUT2D eigenvalue weighted by Gasteiger charge is 2.38. The molecule has 1 unspecified atom stereocenters. The lowest BCUT2D eigenvalue weighted by Crippen LogP contribution is -2.42. The number of carboxylic acid groups (broad SMARTS) is 2. The first-order valence-electron chi connectivity index (χ1n) is 7.52. The largest absolute Gasteiger partial charge is 0.508 e. The lowest BCUT2D eigenvalue weighted by molar-refractivity contribution is -0.192. The van der Waals surface area contributed by atoms with E-state index in [2.05, 4.69) is 10.3 Å². The summed E-state index contributed by atoms with van der Waals surface area (Å²) in [6, 6.07) is 8.27. The van der Waals surface area contributed by atoms with E-state index in [1.165, 1.54) is 24.5 Å². The topological polar surface area (TPSA) is 137 Å². The summed E-state index contributed by atoms with van der Waals surface area (Å²) in [7, 11) is 0. The van der Waals surface area contributed by atoms with Crippen LogP contribution in [-0.4, -0.2) is 50.4 Å². The van der Waals surface area contributed by atoms with Gasteiger partial charge >= 0.3 is 18.1 Å². The smallest absolute Gasteiger partial charge is 0.490 e. The van der Waals surface area contributed by atoms with Crippen LogP contribution in [0.4, 0.5) is 13.2 Å². The highest BCUT2D eigenvalue weighted by Crippen LogP contribution is 2.13. The average Bonchev–Trinajstić information content (AvgIpc) is 2.63. The Morgan fingerprint density at radius 2 is 1.64 bits per heavy atom. The third kappa shape index (κ3) is 7.72. The van der Waals surface area contributed by atoms with Gasteiger partial charge < -0.3 is 20.6 Å². The van der Waals surface area contributed by atoms with Crippen molar-refractivity contribution < 1.29 is 42.9 Å². The zero-order valence-corrected chi connectivity index (χ0v) is 14.1. The predicted octanol–water partition coefficient (Wildman–Crippen LogP) is 1.85. The molecule has 0 aliphatic heterocycles. The van der Waals surface area contributed by atoms with Crippen molar-refractivity contribution in [1.29, 1.82) is 0 Å². The Morgan fingerprint density at radius 1 is 1.07 bits per heavy atom. The van der Waals surface area contributed by atoms with E-state index < -0.39 is 30.1 Å². The number of hydrogen-bond acceptors (Lipinski definition) is 5. The highest BCUT2D eigenvalue weighted by atomic mass is 19.4. The van der Waals surface area contributed by atoms with Gasteiger partial charge in [-0.15, -0.1) is 0 Å². The van der Waals surface area contributed by atoms with Crippen LogP contribution in [0, 0.1) is 0 Å². The molecule has 0 saturated carbocycles. The molecule has 1 aromatic heterocycles. The molecule has 1 heterocycles. The molecule has 8 nitrogen and oxygen atoms in total. The lowest BCUT2D eigenvalue weighted by Gasteiger charge is -2.14. The fourth-order valence-electron chi connectivity index (χ4n) is 1.81. The molecule has 2 rings (SSSR count). The molecule has 0 fully saturated rings. The Morgan fingerprint density at radius 3 is 2.07 bits per heavy atom. The Hall–Kier alpha value is -3.63. The predicted molar refractivity (Wildman–Crippen MR) is 88.6 cm³/mol. The van der Waals surface area contributed by atoms with E-state index in [-0.39, 0.29) is 12.2 Å². The number of aromatic nitrogens is 1. The number of aromatic hydroxyl groups is 1.